The highest BCUT2D eigenvalue weighted by molar-refractivity contribution is 7.10. The van der Waals surface area contributed by atoms with E-state index < -0.39 is 0 Å². The van der Waals surface area contributed by atoms with Crippen LogP contribution in [0.1, 0.15) is 16.3 Å². The van der Waals surface area contributed by atoms with E-state index >= 15 is 0 Å². The minimum absolute atomic E-state index is 0.851. The molecule has 1 N–H and O–H groups in total. The standard InChI is InChI=1S/C12H15N3S/c1-7-8(2)15-12(13-4)11(14-7)10-5-6-16-9(10)3/h5-6H,1-4H3,(H,13,15). The lowest BCUT2D eigenvalue weighted by atomic mass is 10.1. The van der Waals surface area contributed by atoms with Gasteiger partial charge in [0.05, 0.1) is 11.4 Å². The highest BCUT2D eigenvalue weighted by atomic mass is 32.1. The van der Waals surface area contributed by atoms with Gasteiger partial charge in [0.2, 0.25) is 0 Å². The van der Waals surface area contributed by atoms with Crippen LogP contribution in [-0.2, 0) is 0 Å². The summed E-state index contributed by atoms with van der Waals surface area (Å²) in [5, 5.41) is 5.19. The first-order chi connectivity index (χ1) is 7.63. The number of hydrogen-bond donors (Lipinski definition) is 1. The van der Waals surface area contributed by atoms with Crippen LogP contribution in [0.15, 0.2) is 11.4 Å². The Hall–Kier alpha value is -1.42. The van der Waals surface area contributed by atoms with Gasteiger partial charge in [0.25, 0.3) is 0 Å². The molecule has 0 aromatic carbocycles. The second-order valence-corrected chi connectivity index (χ2v) is 4.85. The van der Waals surface area contributed by atoms with E-state index in [0.717, 1.165) is 22.9 Å². The van der Waals surface area contributed by atoms with Crippen LogP contribution in [0.3, 0.4) is 0 Å². The summed E-state index contributed by atoms with van der Waals surface area (Å²) in [4.78, 5) is 10.4. The number of thiophene rings is 1. The first kappa shape index (κ1) is 11.1. The molecule has 0 unspecified atom stereocenters. The number of hydrogen-bond acceptors (Lipinski definition) is 4. The van der Waals surface area contributed by atoms with Crippen molar-refractivity contribution >= 4 is 17.2 Å². The number of anilines is 1. The molecule has 4 heteroatoms. The van der Waals surface area contributed by atoms with Crippen molar-refractivity contribution in [2.24, 2.45) is 0 Å². The number of nitrogens with one attached hydrogen (secondary N) is 1. The number of rotatable bonds is 2. The highest BCUT2D eigenvalue weighted by Gasteiger charge is 2.12. The Labute approximate surface area is 99.6 Å². The molecular formula is C12H15N3S. The van der Waals surface area contributed by atoms with Crippen LogP contribution in [0.2, 0.25) is 0 Å². The lowest BCUT2D eigenvalue weighted by Crippen LogP contribution is -2.02. The average molecular weight is 233 g/mol. The van der Waals surface area contributed by atoms with Crippen LogP contribution in [0.25, 0.3) is 11.3 Å². The summed E-state index contributed by atoms with van der Waals surface area (Å²) in [6.07, 6.45) is 0. The lowest BCUT2D eigenvalue weighted by Gasteiger charge is -2.10. The summed E-state index contributed by atoms with van der Waals surface area (Å²) >= 11 is 1.73. The molecule has 0 radical (unpaired) electrons. The average Bonchev–Trinajstić information content (AvgIpc) is 2.68. The molecule has 2 aromatic rings. The summed E-state index contributed by atoms with van der Waals surface area (Å²) in [6, 6.07) is 2.10. The summed E-state index contributed by atoms with van der Waals surface area (Å²) in [5.41, 5.74) is 4.08. The molecule has 2 heterocycles. The van der Waals surface area contributed by atoms with E-state index in [2.05, 4.69) is 33.7 Å². The van der Waals surface area contributed by atoms with Gasteiger partial charge in [-0.25, -0.2) is 9.97 Å². The van der Waals surface area contributed by atoms with Gasteiger partial charge in [-0.3, -0.25) is 0 Å². The molecule has 0 saturated carbocycles. The normalized spacial score (nSPS) is 10.5. The molecule has 3 nitrogen and oxygen atoms in total. The Bertz CT molecular complexity index is 517. The van der Waals surface area contributed by atoms with Gasteiger partial charge < -0.3 is 5.32 Å². The third-order valence-corrected chi connectivity index (χ3v) is 3.50. The number of nitrogens with zero attached hydrogens (tertiary/aromatic N) is 2. The van der Waals surface area contributed by atoms with E-state index in [1.165, 1.54) is 10.4 Å². The summed E-state index contributed by atoms with van der Waals surface area (Å²) in [7, 11) is 1.88. The van der Waals surface area contributed by atoms with Crippen molar-refractivity contribution in [3.8, 4) is 11.3 Å². The monoisotopic (exact) mass is 233 g/mol. The van der Waals surface area contributed by atoms with Gasteiger partial charge in [0.15, 0.2) is 5.82 Å². The van der Waals surface area contributed by atoms with Gasteiger partial charge in [-0.1, -0.05) is 0 Å². The molecule has 0 fully saturated rings. The molecule has 2 aromatic heterocycles. The minimum Gasteiger partial charge on any atom is -0.371 e. The second-order valence-electron chi connectivity index (χ2n) is 3.73. The maximum Gasteiger partial charge on any atom is 0.152 e. The van der Waals surface area contributed by atoms with Gasteiger partial charge in [0.1, 0.15) is 5.69 Å². The molecule has 0 aliphatic carbocycles. The Morgan fingerprint density at radius 1 is 1.12 bits per heavy atom. The van der Waals surface area contributed by atoms with Crippen LogP contribution < -0.4 is 5.32 Å². The molecule has 0 aliphatic rings. The first-order valence-electron chi connectivity index (χ1n) is 5.21. The van der Waals surface area contributed by atoms with E-state index in [-0.39, 0.29) is 0 Å². The van der Waals surface area contributed by atoms with Gasteiger partial charge >= 0.3 is 0 Å². The Morgan fingerprint density at radius 3 is 2.38 bits per heavy atom. The van der Waals surface area contributed by atoms with Gasteiger partial charge in [0, 0.05) is 17.5 Å². The van der Waals surface area contributed by atoms with E-state index in [1.54, 1.807) is 11.3 Å². The van der Waals surface area contributed by atoms with Crippen molar-refractivity contribution in [1.29, 1.82) is 0 Å². The van der Waals surface area contributed by atoms with E-state index in [9.17, 15) is 0 Å². The molecule has 0 bridgehead atoms. The van der Waals surface area contributed by atoms with Crippen molar-refractivity contribution in [3.05, 3.63) is 27.7 Å². The predicted octanol–water partition coefficient (Wildman–Crippen LogP) is 3.17. The fourth-order valence-corrected chi connectivity index (χ4v) is 2.30. The SMILES string of the molecule is CNc1nc(C)c(C)nc1-c1ccsc1C. The minimum atomic E-state index is 0.851. The molecule has 0 spiro atoms. The zero-order chi connectivity index (χ0) is 11.7. The third-order valence-electron chi connectivity index (χ3n) is 2.66. The fourth-order valence-electron chi connectivity index (χ4n) is 1.60. The molecule has 2 rings (SSSR count). The summed E-state index contributed by atoms with van der Waals surface area (Å²) in [6.45, 7) is 6.08. The van der Waals surface area contributed by atoms with E-state index in [4.69, 9.17) is 0 Å². The lowest BCUT2D eigenvalue weighted by molar-refractivity contribution is 1.05. The summed E-state index contributed by atoms with van der Waals surface area (Å²) in [5.74, 6) is 0.851. The molecule has 0 saturated heterocycles. The Morgan fingerprint density at radius 2 is 1.81 bits per heavy atom. The number of aryl methyl sites for hydroxylation is 3. The van der Waals surface area contributed by atoms with E-state index in [0.29, 0.717) is 0 Å². The van der Waals surface area contributed by atoms with Crippen LogP contribution in [-0.4, -0.2) is 17.0 Å². The van der Waals surface area contributed by atoms with Crippen LogP contribution >= 0.6 is 11.3 Å². The topological polar surface area (TPSA) is 37.8 Å². The smallest absolute Gasteiger partial charge is 0.152 e. The third kappa shape index (κ3) is 1.80. The molecule has 16 heavy (non-hydrogen) atoms. The second kappa shape index (κ2) is 4.22. The summed E-state index contributed by atoms with van der Waals surface area (Å²) < 4.78 is 0. The zero-order valence-corrected chi connectivity index (χ0v) is 10.8. The maximum absolute atomic E-state index is 4.63. The predicted molar refractivity (Wildman–Crippen MR) is 69.1 cm³/mol. The van der Waals surface area contributed by atoms with Crippen molar-refractivity contribution < 1.29 is 0 Å². The van der Waals surface area contributed by atoms with Crippen molar-refractivity contribution in [2.75, 3.05) is 12.4 Å². The maximum atomic E-state index is 4.63. The van der Waals surface area contributed by atoms with Crippen molar-refractivity contribution in [3.63, 3.8) is 0 Å². The first-order valence-corrected chi connectivity index (χ1v) is 6.09. The zero-order valence-electron chi connectivity index (χ0n) is 9.96. The molecule has 0 amide bonds. The molecule has 0 atom stereocenters. The van der Waals surface area contributed by atoms with Crippen molar-refractivity contribution in [2.45, 2.75) is 20.8 Å². The van der Waals surface area contributed by atoms with Crippen LogP contribution in [0.5, 0.6) is 0 Å². The van der Waals surface area contributed by atoms with Crippen LogP contribution in [0.4, 0.5) is 5.82 Å². The number of aromatic nitrogens is 2. The Balaban J connectivity index is 2.64. The molecule has 84 valence electrons. The van der Waals surface area contributed by atoms with Gasteiger partial charge in [-0.2, -0.15) is 0 Å². The van der Waals surface area contributed by atoms with Crippen LogP contribution in [0, 0.1) is 20.8 Å². The van der Waals surface area contributed by atoms with Gasteiger partial charge in [-0.05, 0) is 32.2 Å². The largest absolute Gasteiger partial charge is 0.371 e. The fraction of sp³-hybridized carbons (Fsp3) is 0.333. The van der Waals surface area contributed by atoms with Crippen molar-refractivity contribution in [1.82, 2.24) is 9.97 Å². The Kier molecular flexibility index (Phi) is 2.92. The molecular weight excluding hydrogens is 218 g/mol. The highest BCUT2D eigenvalue weighted by Crippen LogP contribution is 2.30. The van der Waals surface area contributed by atoms with E-state index in [1.807, 2.05) is 20.9 Å². The molecule has 0 aliphatic heterocycles. The quantitative estimate of drug-likeness (QED) is 0.865. The van der Waals surface area contributed by atoms with Gasteiger partial charge in [-0.15, -0.1) is 11.3 Å².